The van der Waals surface area contributed by atoms with Gasteiger partial charge in [0.15, 0.2) is 0 Å². The van der Waals surface area contributed by atoms with Crippen molar-refractivity contribution in [1.82, 2.24) is 15.5 Å². The van der Waals surface area contributed by atoms with Gasteiger partial charge in [0, 0.05) is 19.0 Å². The summed E-state index contributed by atoms with van der Waals surface area (Å²) in [7, 11) is 0. The number of hydrogen-bond donors (Lipinski definition) is 2. The second kappa shape index (κ2) is 6.69. The van der Waals surface area contributed by atoms with E-state index in [9.17, 15) is 9.59 Å². The SMILES string of the molecule is N#Cc1c(N2CCC(OC(=O)NC3CCCC3)C2)cn[nH]c1=O. The molecule has 1 saturated heterocycles. The van der Waals surface area contributed by atoms with Crippen molar-refractivity contribution in [3.63, 3.8) is 0 Å². The lowest BCUT2D eigenvalue weighted by Gasteiger charge is -2.19. The highest BCUT2D eigenvalue weighted by atomic mass is 16.6. The van der Waals surface area contributed by atoms with Gasteiger partial charge in [-0.2, -0.15) is 10.4 Å². The Hall–Kier alpha value is -2.56. The largest absolute Gasteiger partial charge is 0.444 e. The van der Waals surface area contributed by atoms with Gasteiger partial charge in [-0.25, -0.2) is 9.89 Å². The predicted molar refractivity (Wildman–Crippen MR) is 82.1 cm³/mol. The number of alkyl carbamates (subject to hydrolysis) is 1. The molecule has 0 radical (unpaired) electrons. The molecule has 0 bridgehead atoms. The van der Waals surface area contributed by atoms with Crippen molar-refractivity contribution in [2.24, 2.45) is 0 Å². The Balaban J connectivity index is 1.58. The highest BCUT2D eigenvalue weighted by Gasteiger charge is 2.29. The van der Waals surface area contributed by atoms with Crippen molar-refractivity contribution in [2.45, 2.75) is 44.2 Å². The van der Waals surface area contributed by atoms with E-state index in [2.05, 4.69) is 15.5 Å². The molecule has 0 aromatic carbocycles. The van der Waals surface area contributed by atoms with E-state index < -0.39 is 5.56 Å². The molecule has 1 saturated carbocycles. The minimum atomic E-state index is -0.506. The number of ether oxygens (including phenoxy) is 1. The molecule has 2 N–H and O–H groups in total. The first-order valence-electron chi connectivity index (χ1n) is 7.87. The Kier molecular flexibility index (Phi) is 4.46. The molecule has 2 heterocycles. The molecule has 8 heteroatoms. The number of H-pyrrole nitrogens is 1. The average Bonchev–Trinajstić information content (AvgIpc) is 3.19. The van der Waals surface area contributed by atoms with E-state index in [-0.39, 0.29) is 23.8 Å². The molecular formula is C15H19N5O3. The molecule has 1 atom stereocenters. The number of aromatic nitrogens is 2. The maximum atomic E-state index is 11.9. The molecule has 23 heavy (non-hydrogen) atoms. The van der Waals surface area contributed by atoms with Crippen LogP contribution in [0.4, 0.5) is 10.5 Å². The first-order chi connectivity index (χ1) is 11.2. The molecule has 1 aliphatic carbocycles. The lowest BCUT2D eigenvalue weighted by atomic mass is 10.2. The van der Waals surface area contributed by atoms with Crippen LogP contribution >= 0.6 is 0 Å². The molecule has 3 rings (SSSR count). The average molecular weight is 317 g/mol. The van der Waals surface area contributed by atoms with Gasteiger partial charge in [0.1, 0.15) is 17.7 Å². The zero-order valence-electron chi connectivity index (χ0n) is 12.7. The van der Waals surface area contributed by atoms with Gasteiger partial charge in [-0.1, -0.05) is 12.8 Å². The number of anilines is 1. The van der Waals surface area contributed by atoms with Crippen molar-refractivity contribution < 1.29 is 9.53 Å². The quantitative estimate of drug-likeness (QED) is 0.856. The van der Waals surface area contributed by atoms with Gasteiger partial charge in [-0.05, 0) is 12.8 Å². The summed E-state index contributed by atoms with van der Waals surface area (Å²) in [5.41, 5.74) is 0.0166. The van der Waals surface area contributed by atoms with Gasteiger partial charge in [-0.3, -0.25) is 4.79 Å². The van der Waals surface area contributed by atoms with E-state index in [1.54, 1.807) is 0 Å². The summed E-state index contributed by atoms with van der Waals surface area (Å²) in [5.74, 6) is 0. The fraction of sp³-hybridized carbons (Fsp3) is 0.600. The lowest BCUT2D eigenvalue weighted by Crippen LogP contribution is -2.36. The topological polar surface area (TPSA) is 111 Å². The van der Waals surface area contributed by atoms with Gasteiger partial charge in [0.25, 0.3) is 5.56 Å². The molecule has 8 nitrogen and oxygen atoms in total. The molecular weight excluding hydrogens is 298 g/mol. The smallest absolute Gasteiger partial charge is 0.407 e. The first kappa shape index (κ1) is 15.3. The zero-order chi connectivity index (χ0) is 16.2. The second-order valence-electron chi connectivity index (χ2n) is 5.96. The number of amides is 1. The van der Waals surface area contributed by atoms with E-state index in [0.717, 1.165) is 25.7 Å². The van der Waals surface area contributed by atoms with E-state index in [1.807, 2.05) is 11.0 Å². The molecule has 0 spiro atoms. The summed E-state index contributed by atoms with van der Waals surface area (Å²) in [5, 5.41) is 18.0. The molecule has 2 fully saturated rings. The van der Waals surface area contributed by atoms with E-state index >= 15 is 0 Å². The Labute approximate surface area is 133 Å². The van der Waals surface area contributed by atoms with Crippen LogP contribution < -0.4 is 15.8 Å². The third-order valence-electron chi connectivity index (χ3n) is 4.38. The molecule has 1 unspecified atom stereocenters. The third kappa shape index (κ3) is 3.44. The van der Waals surface area contributed by atoms with Crippen LogP contribution in [0.5, 0.6) is 0 Å². The summed E-state index contributed by atoms with van der Waals surface area (Å²) in [6.07, 6.45) is 5.81. The number of nitrogens with zero attached hydrogens (tertiary/aromatic N) is 3. The highest BCUT2D eigenvalue weighted by Crippen LogP contribution is 2.23. The van der Waals surface area contributed by atoms with Crippen LogP contribution in [-0.4, -0.2) is 41.5 Å². The summed E-state index contributed by atoms with van der Waals surface area (Å²) >= 11 is 0. The molecule has 122 valence electrons. The fourth-order valence-corrected chi connectivity index (χ4v) is 3.20. The Morgan fingerprint density at radius 3 is 2.96 bits per heavy atom. The van der Waals surface area contributed by atoms with Gasteiger partial charge in [0.2, 0.25) is 0 Å². The van der Waals surface area contributed by atoms with Gasteiger partial charge in [0.05, 0.1) is 18.4 Å². The predicted octanol–water partition coefficient (Wildman–Crippen LogP) is 0.889. The zero-order valence-corrected chi connectivity index (χ0v) is 12.7. The highest BCUT2D eigenvalue weighted by molar-refractivity contribution is 5.68. The minimum absolute atomic E-state index is 0.0380. The number of carbonyl (C=O) groups excluding carboxylic acids is 1. The third-order valence-corrected chi connectivity index (χ3v) is 4.38. The molecule has 1 amide bonds. The van der Waals surface area contributed by atoms with E-state index in [0.29, 0.717) is 25.2 Å². The van der Waals surface area contributed by atoms with Crippen LogP contribution in [0.3, 0.4) is 0 Å². The number of carbonyl (C=O) groups is 1. The van der Waals surface area contributed by atoms with Crippen molar-refractivity contribution in [2.75, 3.05) is 18.0 Å². The van der Waals surface area contributed by atoms with E-state index in [4.69, 9.17) is 10.00 Å². The Morgan fingerprint density at radius 2 is 2.22 bits per heavy atom. The number of hydrogen-bond acceptors (Lipinski definition) is 6. The maximum Gasteiger partial charge on any atom is 0.407 e. The fourth-order valence-electron chi connectivity index (χ4n) is 3.20. The van der Waals surface area contributed by atoms with Crippen LogP contribution in [-0.2, 0) is 4.74 Å². The van der Waals surface area contributed by atoms with Crippen LogP contribution in [0, 0.1) is 11.3 Å². The summed E-state index contributed by atoms with van der Waals surface area (Å²) in [4.78, 5) is 25.4. The van der Waals surface area contributed by atoms with Crippen molar-refractivity contribution >= 4 is 11.8 Å². The van der Waals surface area contributed by atoms with Crippen molar-refractivity contribution in [3.8, 4) is 6.07 Å². The summed E-state index contributed by atoms with van der Waals surface area (Å²) in [6.45, 7) is 1.07. The maximum absolute atomic E-state index is 11.9. The van der Waals surface area contributed by atoms with E-state index in [1.165, 1.54) is 6.20 Å². The van der Waals surface area contributed by atoms with Crippen molar-refractivity contribution in [3.05, 3.63) is 22.1 Å². The number of nitriles is 1. The first-order valence-corrected chi connectivity index (χ1v) is 7.87. The second-order valence-corrected chi connectivity index (χ2v) is 5.96. The molecule has 2 aliphatic rings. The minimum Gasteiger partial charge on any atom is -0.444 e. The number of rotatable bonds is 3. The van der Waals surface area contributed by atoms with Crippen LogP contribution in [0.2, 0.25) is 0 Å². The Bertz CT molecular complexity index is 674. The molecule has 1 aliphatic heterocycles. The van der Waals surface area contributed by atoms with Crippen molar-refractivity contribution in [1.29, 1.82) is 5.26 Å². The molecule has 1 aromatic heterocycles. The summed E-state index contributed by atoms with van der Waals surface area (Å²) in [6, 6.07) is 2.12. The van der Waals surface area contributed by atoms with Crippen LogP contribution in [0.25, 0.3) is 0 Å². The summed E-state index contributed by atoms with van der Waals surface area (Å²) < 4.78 is 5.45. The molecule has 1 aromatic rings. The van der Waals surface area contributed by atoms with Gasteiger partial charge < -0.3 is 15.0 Å². The lowest BCUT2D eigenvalue weighted by molar-refractivity contribution is 0.105. The number of aromatic amines is 1. The van der Waals surface area contributed by atoms with Crippen LogP contribution in [0.1, 0.15) is 37.7 Å². The Morgan fingerprint density at radius 1 is 1.43 bits per heavy atom. The standard InChI is InChI=1S/C15H19N5O3/c16-7-12-13(8-17-19-14(12)21)20-6-5-11(9-20)23-15(22)18-10-3-1-2-4-10/h8,10-11H,1-6,9H2,(H,18,22)(H,19,21). The normalized spacial score (nSPS) is 21.2. The monoisotopic (exact) mass is 317 g/mol. The van der Waals surface area contributed by atoms with Gasteiger partial charge in [-0.15, -0.1) is 0 Å². The van der Waals surface area contributed by atoms with Gasteiger partial charge >= 0.3 is 6.09 Å². The number of nitrogens with one attached hydrogen (secondary N) is 2. The van der Waals surface area contributed by atoms with Crippen LogP contribution in [0.15, 0.2) is 11.0 Å².